The van der Waals surface area contributed by atoms with Crippen molar-refractivity contribution in [2.24, 2.45) is 0 Å². The van der Waals surface area contributed by atoms with Crippen molar-refractivity contribution in [2.75, 3.05) is 7.11 Å². The molecule has 1 rings (SSSR count). The van der Waals surface area contributed by atoms with Gasteiger partial charge in [0.05, 0.1) is 24.3 Å². The quantitative estimate of drug-likeness (QED) is 0.760. The number of esters is 1. The Morgan fingerprint density at radius 2 is 2.25 bits per heavy atom. The molecule has 88 valence electrons. The van der Waals surface area contributed by atoms with Crippen LogP contribution in [0.25, 0.3) is 0 Å². The van der Waals surface area contributed by atoms with Crippen molar-refractivity contribution in [1.29, 1.82) is 0 Å². The van der Waals surface area contributed by atoms with E-state index in [0.717, 1.165) is 0 Å². The predicted octanol–water partition coefficient (Wildman–Crippen LogP) is 1.88. The molecular weight excluding hydrogens is 231 g/mol. The maximum atomic E-state index is 12.9. The van der Waals surface area contributed by atoms with Crippen molar-refractivity contribution in [1.82, 2.24) is 0 Å². The van der Waals surface area contributed by atoms with Gasteiger partial charge in [-0.2, -0.15) is 0 Å². The number of carbonyl (C=O) groups is 1. The number of rotatable bonds is 4. The van der Waals surface area contributed by atoms with Gasteiger partial charge in [-0.3, -0.25) is 9.00 Å². The second-order valence-electron chi connectivity index (χ2n) is 3.35. The summed E-state index contributed by atoms with van der Waals surface area (Å²) in [6, 6.07) is 5.57. The molecule has 0 aliphatic rings. The van der Waals surface area contributed by atoms with Gasteiger partial charge in [0, 0.05) is 10.1 Å². The Morgan fingerprint density at radius 1 is 1.56 bits per heavy atom. The standard InChI is InChI=1S/C11H13FO3S/c1-8(6-11(13)15-2)16(14)10-5-3-4-9(12)7-10/h3-5,7-8H,6H2,1-2H3. The van der Waals surface area contributed by atoms with Crippen LogP contribution >= 0.6 is 0 Å². The molecule has 0 saturated carbocycles. The number of carbonyl (C=O) groups excluding carboxylic acids is 1. The highest BCUT2D eigenvalue weighted by Gasteiger charge is 2.17. The van der Waals surface area contributed by atoms with E-state index in [1.54, 1.807) is 13.0 Å². The minimum absolute atomic E-state index is 0.0552. The third-order valence-electron chi connectivity index (χ3n) is 2.08. The zero-order chi connectivity index (χ0) is 12.1. The Morgan fingerprint density at radius 3 is 2.81 bits per heavy atom. The fraction of sp³-hybridized carbons (Fsp3) is 0.364. The van der Waals surface area contributed by atoms with Gasteiger partial charge in [0.25, 0.3) is 0 Å². The molecule has 0 aliphatic heterocycles. The van der Waals surface area contributed by atoms with Crippen LogP contribution in [0.1, 0.15) is 13.3 Å². The van der Waals surface area contributed by atoms with E-state index in [0.29, 0.717) is 4.90 Å². The van der Waals surface area contributed by atoms with Crippen molar-refractivity contribution in [3.05, 3.63) is 30.1 Å². The summed E-state index contributed by atoms with van der Waals surface area (Å²) in [5.41, 5.74) is 0. The summed E-state index contributed by atoms with van der Waals surface area (Å²) in [4.78, 5) is 11.4. The molecule has 0 spiro atoms. The molecule has 2 atom stereocenters. The maximum absolute atomic E-state index is 12.9. The number of halogens is 1. The van der Waals surface area contributed by atoms with Gasteiger partial charge >= 0.3 is 5.97 Å². The normalized spacial score (nSPS) is 14.2. The Hall–Kier alpha value is -1.23. The number of ether oxygens (including phenoxy) is 1. The summed E-state index contributed by atoms with van der Waals surface area (Å²) >= 11 is 0. The van der Waals surface area contributed by atoms with E-state index in [9.17, 15) is 13.4 Å². The lowest BCUT2D eigenvalue weighted by Crippen LogP contribution is -2.17. The van der Waals surface area contributed by atoms with Crippen LogP contribution in [0.2, 0.25) is 0 Å². The minimum Gasteiger partial charge on any atom is -0.469 e. The van der Waals surface area contributed by atoms with Gasteiger partial charge in [0.2, 0.25) is 0 Å². The van der Waals surface area contributed by atoms with Crippen LogP contribution in [0.15, 0.2) is 29.2 Å². The Bertz CT molecular complexity index is 406. The third-order valence-corrected chi connectivity index (χ3v) is 3.69. The molecule has 3 nitrogen and oxygen atoms in total. The number of methoxy groups -OCH3 is 1. The van der Waals surface area contributed by atoms with Crippen molar-refractivity contribution >= 4 is 16.8 Å². The highest BCUT2D eigenvalue weighted by atomic mass is 32.2. The van der Waals surface area contributed by atoms with Crippen LogP contribution in [0, 0.1) is 5.82 Å². The van der Waals surface area contributed by atoms with Crippen molar-refractivity contribution in [3.63, 3.8) is 0 Å². The van der Waals surface area contributed by atoms with Gasteiger partial charge in [-0.15, -0.1) is 0 Å². The number of benzene rings is 1. The van der Waals surface area contributed by atoms with Crippen LogP contribution in [0.4, 0.5) is 4.39 Å². The first-order chi connectivity index (χ1) is 7.54. The number of hydrogen-bond acceptors (Lipinski definition) is 3. The maximum Gasteiger partial charge on any atom is 0.306 e. The van der Waals surface area contributed by atoms with E-state index < -0.39 is 27.8 Å². The fourth-order valence-electron chi connectivity index (χ4n) is 1.22. The molecular formula is C11H13FO3S. The van der Waals surface area contributed by atoms with Gasteiger partial charge in [-0.1, -0.05) is 6.07 Å². The zero-order valence-electron chi connectivity index (χ0n) is 9.10. The van der Waals surface area contributed by atoms with Crippen LogP contribution in [-0.2, 0) is 20.3 Å². The van der Waals surface area contributed by atoms with E-state index in [1.807, 2.05) is 0 Å². The Balaban J connectivity index is 2.74. The lowest BCUT2D eigenvalue weighted by atomic mass is 10.3. The van der Waals surface area contributed by atoms with E-state index in [-0.39, 0.29) is 6.42 Å². The van der Waals surface area contributed by atoms with Crippen LogP contribution < -0.4 is 0 Å². The van der Waals surface area contributed by atoms with E-state index in [4.69, 9.17) is 0 Å². The topological polar surface area (TPSA) is 43.4 Å². The largest absolute Gasteiger partial charge is 0.469 e. The highest BCUT2D eigenvalue weighted by Crippen LogP contribution is 2.15. The molecule has 1 aromatic carbocycles. The first-order valence-corrected chi connectivity index (χ1v) is 5.99. The molecule has 0 saturated heterocycles. The summed E-state index contributed by atoms with van der Waals surface area (Å²) in [6.07, 6.45) is 0.0552. The second kappa shape index (κ2) is 5.75. The van der Waals surface area contributed by atoms with Gasteiger partial charge in [0.1, 0.15) is 5.82 Å². The second-order valence-corrected chi connectivity index (χ2v) is 5.22. The van der Waals surface area contributed by atoms with E-state index >= 15 is 0 Å². The fourth-order valence-corrected chi connectivity index (χ4v) is 2.41. The molecule has 0 aromatic heterocycles. The summed E-state index contributed by atoms with van der Waals surface area (Å²) in [7, 11) is -0.124. The van der Waals surface area contributed by atoms with Crippen molar-refractivity contribution in [2.45, 2.75) is 23.5 Å². The molecule has 0 N–H and O–H groups in total. The third kappa shape index (κ3) is 3.41. The van der Waals surface area contributed by atoms with Gasteiger partial charge in [0.15, 0.2) is 0 Å². The van der Waals surface area contributed by atoms with Crippen LogP contribution in [0.3, 0.4) is 0 Å². The summed E-state index contributed by atoms with van der Waals surface area (Å²) < 4.78 is 29.3. The summed E-state index contributed by atoms with van der Waals surface area (Å²) in [5.74, 6) is -0.853. The summed E-state index contributed by atoms with van der Waals surface area (Å²) in [6.45, 7) is 1.66. The van der Waals surface area contributed by atoms with E-state index in [1.165, 1.54) is 25.3 Å². The lowest BCUT2D eigenvalue weighted by molar-refractivity contribution is -0.140. The molecule has 5 heteroatoms. The molecule has 0 fully saturated rings. The van der Waals surface area contributed by atoms with Crippen LogP contribution in [0.5, 0.6) is 0 Å². The zero-order valence-corrected chi connectivity index (χ0v) is 9.92. The molecule has 1 aromatic rings. The van der Waals surface area contributed by atoms with Crippen LogP contribution in [-0.4, -0.2) is 22.5 Å². The molecule has 0 aliphatic carbocycles. The van der Waals surface area contributed by atoms with E-state index in [2.05, 4.69) is 4.74 Å². The monoisotopic (exact) mass is 244 g/mol. The first-order valence-electron chi connectivity index (χ1n) is 4.77. The molecule has 0 amide bonds. The predicted molar refractivity (Wildman–Crippen MR) is 58.9 cm³/mol. The lowest BCUT2D eigenvalue weighted by Gasteiger charge is -2.09. The van der Waals surface area contributed by atoms with Crippen molar-refractivity contribution < 1.29 is 18.1 Å². The molecule has 16 heavy (non-hydrogen) atoms. The first kappa shape index (κ1) is 12.8. The highest BCUT2D eigenvalue weighted by molar-refractivity contribution is 7.85. The molecule has 0 bridgehead atoms. The Kier molecular flexibility index (Phi) is 4.61. The molecule has 0 heterocycles. The molecule has 2 unspecified atom stereocenters. The average molecular weight is 244 g/mol. The number of hydrogen-bond donors (Lipinski definition) is 0. The van der Waals surface area contributed by atoms with Crippen molar-refractivity contribution in [3.8, 4) is 0 Å². The summed E-state index contributed by atoms with van der Waals surface area (Å²) in [5, 5.41) is -0.394. The van der Waals surface area contributed by atoms with Gasteiger partial charge < -0.3 is 4.74 Å². The molecule has 0 radical (unpaired) electrons. The SMILES string of the molecule is COC(=O)CC(C)S(=O)c1cccc(F)c1. The average Bonchev–Trinajstić information content (AvgIpc) is 2.27. The minimum atomic E-state index is -1.40. The smallest absolute Gasteiger partial charge is 0.306 e. The van der Waals surface area contributed by atoms with Gasteiger partial charge in [-0.05, 0) is 25.1 Å². The Labute approximate surface area is 96.1 Å². The van der Waals surface area contributed by atoms with Gasteiger partial charge in [-0.25, -0.2) is 4.39 Å².